The zero-order chi connectivity index (χ0) is 13.2. The smallest absolute Gasteiger partial charge is 0.238 e. The average Bonchev–Trinajstić information content (AvgIpc) is 2.72. The van der Waals surface area contributed by atoms with E-state index in [1.54, 1.807) is 18.3 Å². The van der Waals surface area contributed by atoms with E-state index in [0.717, 1.165) is 5.01 Å². The highest BCUT2D eigenvalue weighted by Gasteiger charge is 2.08. The Hall–Kier alpha value is -1.15. The summed E-state index contributed by atoms with van der Waals surface area (Å²) >= 11 is 7.13. The summed E-state index contributed by atoms with van der Waals surface area (Å²) in [6, 6.07) is 6.30. The Bertz CT molecular complexity index is 655. The lowest BCUT2D eigenvalue weighted by Crippen LogP contribution is -2.12. The molecule has 0 saturated heterocycles. The van der Waals surface area contributed by atoms with Gasteiger partial charge in [0.1, 0.15) is 9.34 Å². The van der Waals surface area contributed by atoms with E-state index >= 15 is 0 Å². The molecule has 0 aliphatic rings. The van der Waals surface area contributed by atoms with Gasteiger partial charge in [-0.3, -0.25) is 0 Å². The first-order valence-corrected chi connectivity index (χ1v) is 7.66. The van der Waals surface area contributed by atoms with Gasteiger partial charge in [0.15, 0.2) is 0 Å². The van der Waals surface area contributed by atoms with Crippen LogP contribution in [-0.4, -0.2) is 13.4 Å². The highest BCUT2D eigenvalue weighted by molar-refractivity contribution is 7.89. The molecule has 0 fully saturated rings. The van der Waals surface area contributed by atoms with Crippen molar-refractivity contribution in [1.29, 1.82) is 0 Å². The maximum atomic E-state index is 11.2. The second-order valence-corrected chi connectivity index (χ2v) is 6.79. The minimum Gasteiger partial charge on any atom is -0.378 e. The summed E-state index contributed by atoms with van der Waals surface area (Å²) in [5.74, 6) is 0. The molecule has 0 unspecified atom stereocenters. The molecule has 1 aromatic heterocycles. The molecule has 0 aliphatic heterocycles. The van der Waals surface area contributed by atoms with E-state index in [1.165, 1.54) is 23.5 Å². The van der Waals surface area contributed by atoms with Gasteiger partial charge in [0.2, 0.25) is 10.0 Å². The Morgan fingerprint density at radius 3 is 2.83 bits per heavy atom. The molecule has 1 aromatic carbocycles. The molecule has 1 heterocycles. The molecule has 3 N–H and O–H groups in total. The molecule has 8 heteroatoms. The number of nitrogens with one attached hydrogen (secondary N) is 1. The SMILES string of the molecule is NS(=O)(=O)c1cccc(NCc2ncc(Cl)s2)c1. The number of aromatic nitrogens is 1. The van der Waals surface area contributed by atoms with Crippen molar-refractivity contribution in [2.45, 2.75) is 11.4 Å². The minimum absolute atomic E-state index is 0.0738. The Morgan fingerprint density at radius 1 is 1.44 bits per heavy atom. The van der Waals surface area contributed by atoms with Crippen molar-refractivity contribution < 1.29 is 8.42 Å². The van der Waals surface area contributed by atoms with E-state index in [1.807, 2.05) is 0 Å². The van der Waals surface area contributed by atoms with Gasteiger partial charge in [0, 0.05) is 5.69 Å². The van der Waals surface area contributed by atoms with Crippen molar-refractivity contribution in [3.8, 4) is 0 Å². The van der Waals surface area contributed by atoms with Gasteiger partial charge < -0.3 is 5.32 Å². The molecule has 0 atom stereocenters. The van der Waals surface area contributed by atoms with Gasteiger partial charge in [-0.1, -0.05) is 17.7 Å². The first-order valence-electron chi connectivity index (χ1n) is 4.92. The molecule has 0 radical (unpaired) electrons. The first-order chi connectivity index (χ1) is 8.45. The Labute approximate surface area is 114 Å². The van der Waals surface area contributed by atoms with Crippen LogP contribution >= 0.6 is 22.9 Å². The third-order valence-corrected chi connectivity index (χ3v) is 4.16. The van der Waals surface area contributed by atoms with E-state index in [2.05, 4.69) is 10.3 Å². The lowest BCUT2D eigenvalue weighted by Gasteiger charge is -2.05. The van der Waals surface area contributed by atoms with Gasteiger partial charge in [-0.15, -0.1) is 11.3 Å². The second-order valence-electron chi connectivity index (χ2n) is 3.48. The third-order valence-electron chi connectivity index (χ3n) is 2.13. The fourth-order valence-corrected chi connectivity index (χ4v) is 2.79. The molecule has 18 heavy (non-hydrogen) atoms. The van der Waals surface area contributed by atoms with Crippen LogP contribution in [0.15, 0.2) is 35.4 Å². The Balaban J connectivity index is 2.11. The number of hydrogen-bond donors (Lipinski definition) is 2. The van der Waals surface area contributed by atoms with E-state index in [-0.39, 0.29) is 4.90 Å². The van der Waals surface area contributed by atoms with Crippen LogP contribution in [0.3, 0.4) is 0 Å². The molecule has 2 rings (SSSR count). The van der Waals surface area contributed by atoms with E-state index < -0.39 is 10.0 Å². The van der Waals surface area contributed by atoms with Crippen LogP contribution in [0.1, 0.15) is 5.01 Å². The van der Waals surface area contributed by atoms with Crippen LogP contribution in [0.2, 0.25) is 4.34 Å². The highest BCUT2D eigenvalue weighted by atomic mass is 35.5. The third kappa shape index (κ3) is 3.42. The summed E-state index contributed by atoms with van der Waals surface area (Å²) in [6.45, 7) is 0.478. The molecular weight excluding hydrogens is 294 g/mol. The number of anilines is 1. The van der Waals surface area contributed by atoms with E-state index in [9.17, 15) is 8.42 Å². The average molecular weight is 304 g/mol. The van der Waals surface area contributed by atoms with Crippen LogP contribution in [0, 0.1) is 0 Å². The summed E-state index contributed by atoms with van der Waals surface area (Å²) in [5, 5.41) is 8.93. The maximum absolute atomic E-state index is 11.2. The van der Waals surface area contributed by atoms with Gasteiger partial charge in [-0.05, 0) is 18.2 Å². The van der Waals surface area contributed by atoms with Gasteiger partial charge in [-0.2, -0.15) is 0 Å². The number of sulfonamides is 1. The number of nitrogens with two attached hydrogens (primary N) is 1. The number of primary sulfonamides is 1. The van der Waals surface area contributed by atoms with Crippen molar-refractivity contribution in [3.05, 3.63) is 39.8 Å². The molecule has 0 amide bonds. The normalized spacial score (nSPS) is 11.4. The van der Waals surface area contributed by atoms with Gasteiger partial charge in [-0.25, -0.2) is 18.5 Å². The van der Waals surface area contributed by atoms with Crippen molar-refractivity contribution >= 4 is 38.6 Å². The second kappa shape index (κ2) is 5.23. The minimum atomic E-state index is -3.68. The number of rotatable bonds is 4. The number of nitrogens with zero attached hydrogens (tertiary/aromatic N) is 1. The molecule has 96 valence electrons. The molecule has 0 spiro atoms. The fraction of sp³-hybridized carbons (Fsp3) is 0.100. The standard InChI is InChI=1S/C10H10ClN3O2S2/c11-9-5-14-10(17-9)6-13-7-2-1-3-8(4-7)18(12,15)16/h1-5,13H,6H2,(H2,12,15,16). The van der Waals surface area contributed by atoms with Crippen LogP contribution in [0.25, 0.3) is 0 Å². The zero-order valence-electron chi connectivity index (χ0n) is 9.13. The van der Waals surface area contributed by atoms with Crippen molar-refractivity contribution in [2.24, 2.45) is 5.14 Å². The summed E-state index contributed by atoms with van der Waals surface area (Å²) in [5.41, 5.74) is 0.660. The molecule has 0 saturated carbocycles. The maximum Gasteiger partial charge on any atom is 0.238 e. The van der Waals surface area contributed by atoms with Crippen molar-refractivity contribution in [2.75, 3.05) is 5.32 Å². The molecule has 0 bridgehead atoms. The Morgan fingerprint density at radius 2 is 2.22 bits per heavy atom. The number of halogens is 1. The quantitative estimate of drug-likeness (QED) is 0.905. The molecule has 5 nitrogen and oxygen atoms in total. The predicted octanol–water partition coefficient (Wildman–Crippen LogP) is 2.06. The van der Waals surface area contributed by atoms with Crippen LogP contribution in [0.5, 0.6) is 0 Å². The molecule has 2 aromatic rings. The first kappa shape index (κ1) is 13.3. The monoisotopic (exact) mass is 303 g/mol. The predicted molar refractivity (Wildman–Crippen MR) is 72.3 cm³/mol. The van der Waals surface area contributed by atoms with Gasteiger partial charge >= 0.3 is 0 Å². The largest absolute Gasteiger partial charge is 0.378 e. The van der Waals surface area contributed by atoms with Crippen LogP contribution in [0.4, 0.5) is 5.69 Å². The topological polar surface area (TPSA) is 85.1 Å². The highest BCUT2D eigenvalue weighted by Crippen LogP contribution is 2.20. The number of thiazole rings is 1. The summed E-state index contributed by atoms with van der Waals surface area (Å²) in [7, 11) is -3.68. The summed E-state index contributed by atoms with van der Waals surface area (Å²) in [4.78, 5) is 4.16. The van der Waals surface area contributed by atoms with Crippen molar-refractivity contribution in [3.63, 3.8) is 0 Å². The summed E-state index contributed by atoms with van der Waals surface area (Å²) in [6.07, 6.45) is 1.57. The molecular formula is C10H10ClN3O2S2. The number of hydrogen-bond acceptors (Lipinski definition) is 5. The molecule has 0 aliphatic carbocycles. The van der Waals surface area contributed by atoms with Crippen LogP contribution < -0.4 is 10.5 Å². The van der Waals surface area contributed by atoms with Gasteiger partial charge in [0.05, 0.1) is 17.6 Å². The summed E-state index contributed by atoms with van der Waals surface area (Å²) < 4.78 is 23.0. The lowest BCUT2D eigenvalue weighted by atomic mass is 10.3. The van der Waals surface area contributed by atoms with Crippen LogP contribution in [-0.2, 0) is 16.6 Å². The Kier molecular flexibility index (Phi) is 3.86. The van der Waals surface area contributed by atoms with Gasteiger partial charge in [0.25, 0.3) is 0 Å². The lowest BCUT2D eigenvalue weighted by molar-refractivity contribution is 0.598. The van der Waals surface area contributed by atoms with E-state index in [0.29, 0.717) is 16.6 Å². The number of benzene rings is 1. The van der Waals surface area contributed by atoms with E-state index in [4.69, 9.17) is 16.7 Å². The zero-order valence-corrected chi connectivity index (χ0v) is 11.5. The van der Waals surface area contributed by atoms with Crippen molar-refractivity contribution in [1.82, 2.24) is 4.98 Å². The fourth-order valence-electron chi connectivity index (χ4n) is 1.33.